The first kappa shape index (κ1) is 32.3. The molecule has 1 aliphatic carbocycles. The van der Waals surface area contributed by atoms with Crippen molar-refractivity contribution in [3.8, 4) is 33.4 Å². The molecule has 0 spiro atoms. The monoisotopic (exact) mass is 680 g/mol. The van der Waals surface area contributed by atoms with E-state index in [1.807, 2.05) is 0 Å². The summed E-state index contributed by atoms with van der Waals surface area (Å²) in [6.07, 6.45) is 0. The van der Waals surface area contributed by atoms with E-state index in [0.717, 1.165) is 34.1 Å². The molecule has 0 heterocycles. The van der Waals surface area contributed by atoms with Crippen LogP contribution in [0.5, 0.6) is 0 Å². The molecule has 0 atom stereocenters. The summed E-state index contributed by atoms with van der Waals surface area (Å²) in [5.74, 6) is 0. The summed E-state index contributed by atoms with van der Waals surface area (Å²) in [5.41, 5.74) is 16.7. The van der Waals surface area contributed by atoms with Gasteiger partial charge in [0.2, 0.25) is 0 Å². The van der Waals surface area contributed by atoms with Gasteiger partial charge in [-0.05, 0) is 117 Å². The Morgan fingerprint density at radius 2 is 0.566 bits per heavy atom. The van der Waals surface area contributed by atoms with Crippen LogP contribution in [-0.4, -0.2) is 0 Å². The summed E-state index contributed by atoms with van der Waals surface area (Å²) in [6, 6.07) is 74.4. The number of fused-ring (bicyclic) bond motifs is 3. The Kier molecular flexibility index (Phi) is 8.21. The van der Waals surface area contributed by atoms with Crippen LogP contribution in [0.1, 0.15) is 25.0 Å². The fourth-order valence-corrected chi connectivity index (χ4v) is 7.91. The van der Waals surface area contributed by atoms with Crippen LogP contribution in [0.4, 0.5) is 34.1 Å². The maximum absolute atomic E-state index is 2.41. The first-order valence-electron chi connectivity index (χ1n) is 18.4. The van der Waals surface area contributed by atoms with Crippen LogP contribution in [0, 0.1) is 0 Å². The molecule has 0 saturated carbocycles. The van der Waals surface area contributed by atoms with Gasteiger partial charge in [0.1, 0.15) is 0 Å². The van der Waals surface area contributed by atoms with Crippen LogP contribution < -0.4 is 9.80 Å². The van der Waals surface area contributed by atoms with Crippen molar-refractivity contribution in [1.82, 2.24) is 0 Å². The molecule has 2 nitrogen and oxygen atoms in total. The highest BCUT2D eigenvalue weighted by atomic mass is 15.1. The second-order valence-corrected chi connectivity index (χ2v) is 14.3. The third-order valence-corrected chi connectivity index (χ3v) is 10.7. The first-order chi connectivity index (χ1) is 26.0. The van der Waals surface area contributed by atoms with Crippen molar-refractivity contribution >= 4 is 34.1 Å². The molecule has 9 rings (SSSR count). The molecule has 0 radical (unpaired) electrons. The average molecular weight is 681 g/mol. The summed E-state index contributed by atoms with van der Waals surface area (Å²) in [4.78, 5) is 4.74. The molecule has 0 aliphatic heterocycles. The quantitative estimate of drug-likeness (QED) is 0.158. The van der Waals surface area contributed by atoms with Gasteiger partial charge in [0.25, 0.3) is 0 Å². The number of anilines is 6. The molecule has 0 aromatic heterocycles. The molecule has 1 aliphatic rings. The van der Waals surface area contributed by atoms with E-state index in [2.05, 4.69) is 230 Å². The van der Waals surface area contributed by atoms with Crippen LogP contribution in [0.2, 0.25) is 0 Å². The highest BCUT2D eigenvalue weighted by Gasteiger charge is 2.37. The molecule has 8 aromatic carbocycles. The van der Waals surface area contributed by atoms with Gasteiger partial charge >= 0.3 is 0 Å². The van der Waals surface area contributed by atoms with E-state index in [1.165, 1.54) is 44.5 Å². The molecule has 0 amide bonds. The second kappa shape index (κ2) is 13.5. The van der Waals surface area contributed by atoms with Gasteiger partial charge in [-0.25, -0.2) is 0 Å². The van der Waals surface area contributed by atoms with Gasteiger partial charge in [-0.15, -0.1) is 0 Å². The first-order valence-corrected chi connectivity index (χ1v) is 18.4. The lowest BCUT2D eigenvalue weighted by molar-refractivity contribution is 0.660. The number of para-hydroxylation sites is 2. The molecular weight excluding hydrogens is 641 g/mol. The molecule has 2 heteroatoms. The Balaban J connectivity index is 1.13. The Labute approximate surface area is 312 Å². The van der Waals surface area contributed by atoms with Gasteiger partial charge in [0.15, 0.2) is 0 Å². The van der Waals surface area contributed by atoms with Gasteiger partial charge < -0.3 is 9.80 Å². The Hall–Kier alpha value is -6.64. The predicted molar refractivity (Wildman–Crippen MR) is 224 cm³/mol. The number of hydrogen-bond acceptors (Lipinski definition) is 2. The Morgan fingerprint density at radius 1 is 0.283 bits per heavy atom. The van der Waals surface area contributed by atoms with Crippen molar-refractivity contribution in [3.05, 3.63) is 217 Å². The van der Waals surface area contributed by atoms with E-state index in [1.54, 1.807) is 0 Å². The summed E-state index contributed by atoms with van der Waals surface area (Å²) >= 11 is 0. The van der Waals surface area contributed by atoms with Crippen molar-refractivity contribution in [2.24, 2.45) is 0 Å². The van der Waals surface area contributed by atoms with Gasteiger partial charge in [0.05, 0.1) is 0 Å². The topological polar surface area (TPSA) is 6.48 Å². The van der Waals surface area contributed by atoms with Crippen molar-refractivity contribution < 1.29 is 0 Å². The van der Waals surface area contributed by atoms with Gasteiger partial charge in [-0.2, -0.15) is 0 Å². The highest BCUT2D eigenvalue weighted by Crippen LogP contribution is 2.52. The van der Waals surface area contributed by atoms with E-state index in [0.29, 0.717) is 0 Å². The number of hydrogen-bond donors (Lipinski definition) is 0. The summed E-state index contributed by atoms with van der Waals surface area (Å²) < 4.78 is 0. The van der Waals surface area contributed by atoms with Gasteiger partial charge in [-0.3, -0.25) is 0 Å². The van der Waals surface area contributed by atoms with Crippen LogP contribution in [-0.2, 0) is 5.41 Å². The highest BCUT2D eigenvalue weighted by molar-refractivity contribution is 5.88. The summed E-state index contributed by atoms with van der Waals surface area (Å²) in [6.45, 7) is 4.74. The Bertz CT molecular complexity index is 2370. The smallest absolute Gasteiger partial charge is 0.0465 e. The van der Waals surface area contributed by atoms with E-state index >= 15 is 0 Å². The third kappa shape index (κ3) is 5.99. The van der Waals surface area contributed by atoms with Crippen molar-refractivity contribution in [2.45, 2.75) is 19.3 Å². The minimum Gasteiger partial charge on any atom is -0.310 e. The summed E-state index contributed by atoms with van der Waals surface area (Å²) in [5, 5.41) is 0. The molecule has 0 bridgehead atoms. The lowest BCUT2D eigenvalue weighted by Gasteiger charge is -2.29. The molecule has 0 N–H and O–H groups in total. The standard InChI is InChI=1S/C51H40N2/c1-51(2)49-35-45(52(41-19-11-5-12-20-41)42-21-13-6-14-22-42)31-33-47(49)48-34-32-46(36-50(48)51)53(43-27-23-39(24-28-43)37-15-7-3-8-16-37)44-29-25-40(26-30-44)38-17-9-4-10-18-38/h3-36H,1-2H3. The molecule has 8 aromatic rings. The van der Waals surface area contributed by atoms with Crippen molar-refractivity contribution in [1.29, 1.82) is 0 Å². The molecule has 53 heavy (non-hydrogen) atoms. The fraction of sp³-hybridized carbons (Fsp3) is 0.0588. The molecular formula is C51H40N2. The molecule has 0 saturated heterocycles. The molecule has 254 valence electrons. The molecule has 0 fully saturated rings. The Morgan fingerprint density at radius 3 is 0.925 bits per heavy atom. The van der Waals surface area contributed by atoms with Crippen LogP contribution in [0.25, 0.3) is 33.4 Å². The number of benzene rings is 8. The van der Waals surface area contributed by atoms with E-state index in [4.69, 9.17) is 0 Å². The fourth-order valence-electron chi connectivity index (χ4n) is 7.91. The maximum Gasteiger partial charge on any atom is 0.0465 e. The van der Waals surface area contributed by atoms with E-state index in [9.17, 15) is 0 Å². The lowest BCUT2D eigenvalue weighted by atomic mass is 9.82. The zero-order chi connectivity index (χ0) is 35.8. The normalized spacial score (nSPS) is 12.5. The lowest BCUT2D eigenvalue weighted by Crippen LogP contribution is -2.17. The maximum atomic E-state index is 2.41. The predicted octanol–water partition coefficient (Wildman–Crippen LogP) is 14.3. The average Bonchev–Trinajstić information content (AvgIpc) is 3.45. The zero-order valence-electron chi connectivity index (χ0n) is 30.0. The van der Waals surface area contributed by atoms with Gasteiger partial charge in [-0.1, -0.05) is 147 Å². The molecule has 0 unspecified atom stereocenters. The number of rotatable bonds is 8. The largest absolute Gasteiger partial charge is 0.310 e. The zero-order valence-corrected chi connectivity index (χ0v) is 30.0. The van der Waals surface area contributed by atoms with Crippen LogP contribution in [0.15, 0.2) is 206 Å². The minimum atomic E-state index is -0.213. The van der Waals surface area contributed by atoms with Crippen molar-refractivity contribution in [3.63, 3.8) is 0 Å². The van der Waals surface area contributed by atoms with Gasteiger partial charge in [0, 0.05) is 39.5 Å². The third-order valence-electron chi connectivity index (χ3n) is 10.7. The minimum absolute atomic E-state index is 0.213. The van der Waals surface area contributed by atoms with E-state index < -0.39 is 0 Å². The van der Waals surface area contributed by atoms with Crippen LogP contribution in [0.3, 0.4) is 0 Å². The van der Waals surface area contributed by atoms with Crippen LogP contribution >= 0.6 is 0 Å². The van der Waals surface area contributed by atoms with E-state index in [-0.39, 0.29) is 5.41 Å². The number of nitrogens with zero attached hydrogens (tertiary/aromatic N) is 2. The SMILES string of the molecule is CC1(C)c2cc(N(c3ccccc3)c3ccccc3)ccc2-c2ccc(N(c3ccc(-c4ccccc4)cc3)c3ccc(-c4ccccc4)cc3)cc21. The summed E-state index contributed by atoms with van der Waals surface area (Å²) in [7, 11) is 0. The van der Waals surface area contributed by atoms with Crippen molar-refractivity contribution in [2.75, 3.05) is 9.80 Å². The second-order valence-electron chi connectivity index (χ2n) is 14.3.